The average molecular weight is 344 g/mol. The Morgan fingerprint density at radius 2 is 2.04 bits per heavy atom. The lowest BCUT2D eigenvalue weighted by atomic mass is 10.1. The molecule has 3 rings (SSSR count). The maximum atomic E-state index is 13.8. The predicted molar refractivity (Wildman–Crippen MR) is 93.1 cm³/mol. The Kier molecular flexibility index (Phi) is 4.49. The van der Waals surface area contributed by atoms with Crippen LogP contribution < -0.4 is 4.74 Å². The number of para-hydroxylation sites is 1. The first-order valence-corrected chi connectivity index (χ1v) is 8.29. The van der Waals surface area contributed by atoms with Gasteiger partial charge in [0.05, 0.1) is 23.4 Å². The monoisotopic (exact) mass is 344 g/mol. The highest BCUT2D eigenvalue weighted by Gasteiger charge is 2.22. The molecule has 2 aromatic carbocycles. The Bertz CT molecular complexity index is 861. The number of hydrogen-bond acceptors (Lipinski definition) is 4. The fourth-order valence-corrected chi connectivity index (χ4v) is 3.48. The van der Waals surface area contributed by atoms with Gasteiger partial charge >= 0.3 is 0 Å². The summed E-state index contributed by atoms with van der Waals surface area (Å²) in [5.74, 6) is -0.693. The minimum atomic E-state index is -0.551. The second kappa shape index (κ2) is 6.57. The van der Waals surface area contributed by atoms with Gasteiger partial charge in [0.25, 0.3) is 5.91 Å². The number of carbonyl (C=O) groups excluding carboxylic acids is 1. The number of nitrogens with zero attached hydrogens (tertiary/aromatic N) is 2. The Hall–Kier alpha value is -2.47. The van der Waals surface area contributed by atoms with E-state index in [1.54, 1.807) is 29.4 Å². The van der Waals surface area contributed by atoms with Gasteiger partial charge in [-0.1, -0.05) is 12.1 Å². The lowest BCUT2D eigenvalue weighted by molar-refractivity contribution is 0.0742. The summed E-state index contributed by atoms with van der Waals surface area (Å²) in [4.78, 5) is 18.8. The molecule has 0 spiro atoms. The summed E-state index contributed by atoms with van der Waals surface area (Å²) in [5, 5.41) is 0.848. The first-order valence-electron chi connectivity index (χ1n) is 7.47. The number of aromatic nitrogens is 1. The van der Waals surface area contributed by atoms with Crippen molar-refractivity contribution in [1.82, 2.24) is 9.88 Å². The number of ether oxygens (including phenoxy) is 1. The SMILES string of the molecule is COc1ccc(C(=O)N(C)[C@@H](C)c2nc3ccccc3s2)cc1F. The summed E-state index contributed by atoms with van der Waals surface area (Å²) >= 11 is 1.56. The average Bonchev–Trinajstić information content (AvgIpc) is 3.03. The minimum absolute atomic E-state index is 0.119. The van der Waals surface area contributed by atoms with Crippen molar-refractivity contribution in [3.63, 3.8) is 0 Å². The first kappa shape index (κ1) is 16.4. The van der Waals surface area contributed by atoms with Gasteiger partial charge in [0, 0.05) is 12.6 Å². The van der Waals surface area contributed by atoms with Crippen molar-refractivity contribution < 1.29 is 13.9 Å². The van der Waals surface area contributed by atoms with Gasteiger partial charge in [-0.3, -0.25) is 4.79 Å². The highest BCUT2D eigenvalue weighted by Crippen LogP contribution is 2.29. The molecule has 1 heterocycles. The van der Waals surface area contributed by atoms with E-state index in [9.17, 15) is 9.18 Å². The molecule has 0 fully saturated rings. The number of halogens is 1. The largest absolute Gasteiger partial charge is 0.494 e. The molecular weight excluding hydrogens is 327 g/mol. The molecule has 1 atom stereocenters. The standard InChI is InChI=1S/C18H17FN2O2S/c1-11(17-20-14-6-4-5-7-16(14)24-17)21(2)18(22)12-8-9-15(23-3)13(19)10-12/h4-11H,1-3H3/t11-/m0/s1. The molecule has 0 saturated carbocycles. The fourth-order valence-electron chi connectivity index (χ4n) is 2.41. The van der Waals surface area contributed by atoms with E-state index in [1.165, 1.54) is 19.2 Å². The number of methoxy groups -OCH3 is 1. The van der Waals surface area contributed by atoms with Crippen molar-refractivity contribution in [2.75, 3.05) is 14.2 Å². The molecule has 124 valence electrons. The molecule has 1 aromatic heterocycles. The zero-order chi connectivity index (χ0) is 17.3. The fraction of sp³-hybridized carbons (Fsp3) is 0.222. The van der Waals surface area contributed by atoms with Gasteiger partial charge in [-0.15, -0.1) is 11.3 Å². The first-order chi connectivity index (χ1) is 11.5. The van der Waals surface area contributed by atoms with E-state index >= 15 is 0 Å². The van der Waals surface area contributed by atoms with Crippen molar-refractivity contribution in [1.29, 1.82) is 0 Å². The van der Waals surface area contributed by atoms with Gasteiger partial charge in [0.1, 0.15) is 5.01 Å². The number of rotatable bonds is 4. The van der Waals surface area contributed by atoms with Gasteiger partial charge in [-0.25, -0.2) is 9.37 Å². The number of carbonyl (C=O) groups is 1. The molecule has 0 unspecified atom stereocenters. The van der Waals surface area contributed by atoms with Crippen molar-refractivity contribution >= 4 is 27.5 Å². The molecule has 1 amide bonds. The molecule has 0 aliphatic heterocycles. The Morgan fingerprint density at radius 1 is 1.29 bits per heavy atom. The van der Waals surface area contributed by atoms with Crippen LogP contribution in [0.25, 0.3) is 10.2 Å². The van der Waals surface area contributed by atoms with Gasteiger partial charge in [0.2, 0.25) is 0 Å². The molecule has 0 aliphatic carbocycles. The van der Waals surface area contributed by atoms with Crippen LogP contribution in [-0.2, 0) is 0 Å². The smallest absolute Gasteiger partial charge is 0.254 e. The predicted octanol–water partition coefficient (Wildman–Crippen LogP) is 4.28. The van der Waals surface area contributed by atoms with Crippen molar-refractivity contribution in [3.05, 3.63) is 58.9 Å². The van der Waals surface area contributed by atoms with E-state index in [0.717, 1.165) is 15.2 Å². The van der Waals surface area contributed by atoms with Gasteiger partial charge < -0.3 is 9.64 Å². The number of fused-ring (bicyclic) bond motifs is 1. The van der Waals surface area contributed by atoms with E-state index in [0.29, 0.717) is 0 Å². The number of thiazole rings is 1. The topological polar surface area (TPSA) is 42.4 Å². The Labute approximate surface area is 143 Å². The van der Waals surface area contributed by atoms with Crippen LogP contribution in [0.5, 0.6) is 5.75 Å². The van der Waals surface area contributed by atoms with E-state index < -0.39 is 5.82 Å². The van der Waals surface area contributed by atoms with Crippen LogP contribution >= 0.6 is 11.3 Å². The quantitative estimate of drug-likeness (QED) is 0.709. The number of hydrogen-bond donors (Lipinski definition) is 0. The highest BCUT2D eigenvalue weighted by atomic mass is 32.1. The van der Waals surface area contributed by atoms with Crippen molar-refractivity contribution in [3.8, 4) is 5.75 Å². The third-order valence-electron chi connectivity index (χ3n) is 3.97. The molecule has 0 N–H and O–H groups in total. The Morgan fingerprint density at radius 3 is 2.71 bits per heavy atom. The van der Waals surface area contributed by atoms with Crippen molar-refractivity contribution in [2.45, 2.75) is 13.0 Å². The summed E-state index contributed by atoms with van der Waals surface area (Å²) in [6.07, 6.45) is 0. The van der Waals surface area contributed by atoms with Crippen LogP contribution in [0.2, 0.25) is 0 Å². The summed E-state index contributed by atoms with van der Waals surface area (Å²) in [6, 6.07) is 11.9. The van der Waals surface area contributed by atoms with Crippen LogP contribution in [0.3, 0.4) is 0 Å². The van der Waals surface area contributed by atoms with E-state index in [4.69, 9.17) is 4.74 Å². The molecule has 3 aromatic rings. The summed E-state index contributed by atoms with van der Waals surface area (Å²) in [5.41, 5.74) is 1.20. The third-order valence-corrected chi connectivity index (χ3v) is 5.17. The maximum Gasteiger partial charge on any atom is 0.254 e. The van der Waals surface area contributed by atoms with Crippen LogP contribution in [0.1, 0.15) is 28.3 Å². The highest BCUT2D eigenvalue weighted by molar-refractivity contribution is 7.18. The van der Waals surface area contributed by atoms with Crippen molar-refractivity contribution in [2.24, 2.45) is 0 Å². The molecular formula is C18H17FN2O2S. The molecule has 0 radical (unpaired) electrons. The second-order valence-electron chi connectivity index (χ2n) is 5.46. The second-order valence-corrected chi connectivity index (χ2v) is 6.52. The maximum absolute atomic E-state index is 13.8. The normalized spacial score (nSPS) is 12.2. The summed E-state index contributed by atoms with van der Waals surface area (Å²) < 4.78 is 19.8. The van der Waals surface area contributed by atoms with Crippen LogP contribution in [0, 0.1) is 5.82 Å². The third kappa shape index (κ3) is 2.97. The zero-order valence-electron chi connectivity index (χ0n) is 13.6. The summed E-state index contributed by atoms with van der Waals surface area (Å²) in [7, 11) is 3.09. The van der Waals surface area contributed by atoms with Gasteiger partial charge in [-0.05, 0) is 37.3 Å². The molecule has 24 heavy (non-hydrogen) atoms. The number of benzene rings is 2. The Balaban J connectivity index is 1.85. The van der Waals surface area contributed by atoms with Crippen LogP contribution in [0.4, 0.5) is 4.39 Å². The zero-order valence-corrected chi connectivity index (χ0v) is 14.4. The van der Waals surface area contributed by atoms with E-state index in [2.05, 4.69) is 4.98 Å². The molecule has 0 saturated heterocycles. The lowest BCUT2D eigenvalue weighted by Crippen LogP contribution is -2.29. The van der Waals surface area contributed by atoms with E-state index in [-0.39, 0.29) is 23.3 Å². The van der Waals surface area contributed by atoms with Gasteiger partial charge in [-0.2, -0.15) is 0 Å². The summed E-state index contributed by atoms with van der Waals surface area (Å²) in [6.45, 7) is 1.91. The molecule has 4 nitrogen and oxygen atoms in total. The number of amides is 1. The molecule has 0 bridgehead atoms. The lowest BCUT2D eigenvalue weighted by Gasteiger charge is -2.23. The van der Waals surface area contributed by atoms with E-state index in [1.807, 2.05) is 31.2 Å². The molecule has 0 aliphatic rings. The van der Waals surface area contributed by atoms with Gasteiger partial charge in [0.15, 0.2) is 11.6 Å². The van der Waals surface area contributed by atoms with Crippen LogP contribution in [0.15, 0.2) is 42.5 Å². The van der Waals surface area contributed by atoms with Crippen LogP contribution in [-0.4, -0.2) is 29.9 Å². The minimum Gasteiger partial charge on any atom is -0.494 e. The molecule has 6 heteroatoms.